The molecule has 0 spiro atoms. The molecule has 3 aromatic carbocycles. The Morgan fingerprint density at radius 1 is 1.03 bits per heavy atom. The van der Waals surface area contributed by atoms with E-state index < -0.39 is 12.1 Å². The minimum absolute atomic E-state index is 0.226. The van der Waals surface area contributed by atoms with E-state index in [2.05, 4.69) is 10.7 Å². The fourth-order valence-corrected chi connectivity index (χ4v) is 3.50. The van der Waals surface area contributed by atoms with E-state index >= 15 is 0 Å². The maximum Gasteiger partial charge on any atom is 0.276 e. The monoisotopic (exact) mass is 435 g/mol. The topological polar surface area (TPSA) is 70.7 Å². The van der Waals surface area contributed by atoms with Crippen molar-refractivity contribution in [3.63, 3.8) is 0 Å². The molecule has 6 nitrogen and oxygen atoms in total. The molecule has 158 valence electrons. The molecule has 1 aliphatic heterocycles. The molecule has 1 heterocycles. The van der Waals surface area contributed by atoms with Gasteiger partial charge >= 0.3 is 0 Å². The number of amides is 2. The number of hydrogen-bond acceptors (Lipinski definition) is 4. The minimum Gasteiger partial charge on any atom is -0.484 e. The van der Waals surface area contributed by atoms with Crippen molar-refractivity contribution in [2.24, 2.45) is 0 Å². The Morgan fingerprint density at radius 3 is 2.35 bits per heavy atom. The summed E-state index contributed by atoms with van der Waals surface area (Å²) in [7, 11) is 0. The summed E-state index contributed by atoms with van der Waals surface area (Å²) in [6.07, 6.45) is -0.579. The van der Waals surface area contributed by atoms with Gasteiger partial charge in [-0.2, -0.15) is 0 Å². The zero-order valence-electron chi connectivity index (χ0n) is 17.2. The van der Waals surface area contributed by atoms with Gasteiger partial charge in [0, 0.05) is 10.7 Å². The highest BCUT2D eigenvalue weighted by Crippen LogP contribution is 2.33. The lowest BCUT2D eigenvalue weighted by molar-refractivity contribution is -0.127. The third-order valence-corrected chi connectivity index (χ3v) is 5.25. The van der Waals surface area contributed by atoms with E-state index in [1.54, 1.807) is 30.3 Å². The zero-order valence-corrected chi connectivity index (χ0v) is 17.9. The van der Waals surface area contributed by atoms with Crippen LogP contribution in [0.3, 0.4) is 0 Å². The van der Waals surface area contributed by atoms with Gasteiger partial charge in [0.2, 0.25) is 0 Å². The van der Waals surface area contributed by atoms with Crippen molar-refractivity contribution in [3.05, 3.63) is 94.0 Å². The number of anilines is 1. The Hall–Kier alpha value is -3.51. The van der Waals surface area contributed by atoms with E-state index in [0.29, 0.717) is 22.0 Å². The smallest absolute Gasteiger partial charge is 0.276 e. The van der Waals surface area contributed by atoms with Gasteiger partial charge in [-0.05, 0) is 49.7 Å². The molecule has 2 N–H and O–H groups in total. The maximum atomic E-state index is 13.2. The van der Waals surface area contributed by atoms with Crippen molar-refractivity contribution in [2.75, 3.05) is 11.9 Å². The molecule has 0 saturated carbocycles. The summed E-state index contributed by atoms with van der Waals surface area (Å²) in [5.41, 5.74) is 6.75. The van der Waals surface area contributed by atoms with Gasteiger partial charge in [0.25, 0.3) is 11.8 Å². The second-order valence-electron chi connectivity index (χ2n) is 7.46. The van der Waals surface area contributed by atoms with Gasteiger partial charge in [-0.25, -0.2) is 5.01 Å². The van der Waals surface area contributed by atoms with Crippen LogP contribution in [0.15, 0.2) is 66.7 Å². The lowest BCUT2D eigenvalue weighted by Crippen LogP contribution is -2.53. The van der Waals surface area contributed by atoms with Gasteiger partial charge in [-0.1, -0.05) is 59.1 Å². The van der Waals surface area contributed by atoms with Crippen molar-refractivity contribution in [1.82, 2.24) is 10.4 Å². The molecule has 1 unspecified atom stereocenters. The van der Waals surface area contributed by atoms with Crippen LogP contribution in [0.1, 0.15) is 33.2 Å². The van der Waals surface area contributed by atoms with Crippen LogP contribution < -0.4 is 15.5 Å². The summed E-state index contributed by atoms with van der Waals surface area (Å²) in [4.78, 5) is 25.9. The number of hydrogen-bond donors (Lipinski definition) is 2. The summed E-state index contributed by atoms with van der Waals surface area (Å²) in [5, 5.41) is 5.04. The first kappa shape index (κ1) is 20.8. The SMILES string of the molecule is Cc1ccc(OCC(=O)NN2C(=O)c3cc(Cl)ccc3NC2c2ccc(C)cc2)cc1. The third-order valence-electron chi connectivity index (χ3n) is 5.01. The molecule has 4 rings (SSSR count). The number of halogens is 1. The second kappa shape index (κ2) is 8.70. The Balaban J connectivity index is 1.56. The minimum atomic E-state index is -0.579. The normalized spacial score (nSPS) is 15.1. The Kier molecular flexibility index (Phi) is 5.82. The predicted molar refractivity (Wildman–Crippen MR) is 120 cm³/mol. The van der Waals surface area contributed by atoms with E-state index in [1.807, 2.05) is 50.2 Å². The summed E-state index contributed by atoms with van der Waals surface area (Å²) in [6, 6.07) is 20.2. The van der Waals surface area contributed by atoms with E-state index in [9.17, 15) is 9.59 Å². The van der Waals surface area contributed by atoms with Crippen LogP contribution in [0.2, 0.25) is 5.02 Å². The number of fused-ring (bicyclic) bond motifs is 1. The molecule has 7 heteroatoms. The highest BCUT2D eigenvalue weighted by atomic mass is 35.5. The number of benzene rings is 3. The zero-order chi connectivity index (χ0) is 22.0. The molecule has 1 atom stereocenters. The largest absolute Gasteiger partial charge is 0.484 e. The van der Waals surface area contributed by atoms with Crippen LogP contribution in [0.25, 0.3) is 0 Å². The summed E-state index contributed by atoms with van der Waals surface area (Å²) in [6.45, 7) is 3.74. The third kappa shape index (κ3) is 4.64. The van der Waals surface area contributed by atoms with Crippen LogP contribution >= 0.6 is 11.6 Å². The fraction of sp³-hybridized carbons (Fsp3) is 0.167. The van der Waals surface area contributed by atoms with Gasteiger partial charge in [0.05, 0.1) is 5.56 Å². The number of rotatable bonds is 5. The number of carbonyl (C=O) groups excluding carboxylic acids is 2. The molecule has 0 saturated heterocycles. The van der Waals surface area contributed by atoms with Crippen LogP contribution in [0.5, 0.6) is 5.75 Å². The Labute approximate surface area is 185 Å². The molecular formula is C24H22ClN3O3. The molecule has 2 amide bonds. The maximum absolute atomic E-state index is 13.2. The number of ether oxygens (including phenoxy) is 1. The molecule has 0 bridgehead atoms. The average molecular weight is 436 g/mol. The number of aryl methyl sites for hydroxylation is 2. The van der Waals surface area contributed by atoms with Crippen molar-refractivity contribution in [1.29, 1.82) is 0 Å². The molecule has 0 fully saturated rings. The molecule has 0 radical (unpaired) electrons. The lowest BCUT2D eigenvalue weighted by Gasteiger charge is -2.37. The molecule has 0 aromatic heterocycles. The number of hydrazine groups is 1. The van der Waals surface area contributed by atoms with Crippen LogP contribution in [-0.2, 0) is 4.79 Å². The molecule has 1 aliphatic rings. The Bertz CT molecular complexity index is 1110. The first-order valence-corrected chi connectivity index (χ1v) is 10.2. The predicted octanol–water partition coefficient (Wildman–Crippen LogP) is 4.63. The van der Waals surface area contributed by atoms with Crippen LogP contribution in [0.4, 0.5) is 5.69 Å². The number of nitrogens with one attached hydrogen (secondary N) is 2. The molecule has 0 aliphatic carbocycles. The van der Waals surface area contributed by atoms with Gasteiger partial charge in [0.1, 0.15) is 11.9 Å². The van der Waals surface area contributed by atoms with Crippen LogP contribution in [0, 0.1) is 13.8 Å². The molecular weight excluding hydrogens is 414 g/mol. The fourth-order valence-electron chi connectivity index (χ4n) is 3.32. The lowest BCUT2D eigenvalue weighted by atomic mass is 10.0. The number of carbonyl (C=O) groups is 2. The van der Waals surface area contributed by atoms with Crippen molar-refractivity contribution in [2.45, 2.75) is 20.0 Å². The van der Waals surface area contributed by atoms with Crippen molar-refractivity contribution < 1.29 is 14.3 Å². The van der Waals surface area contributed by atoms with Crippen molar-refractivity contribution in [3.8, 4) is 5.75 Å². The van der Waals surface area contributed by atoms with Crippen molar-refractivity contribution >= 4 is 29.1 Å². The second-order valence-corrected chi connectivity index (χ2v) is 7.90. The molecule has 31 heavy (non-hydrogen) atoms. The van der Waals surface area contributed by atoms with E-state index in [0.717, 1.165) is 16.7 Å². The van der Waals surface area contributed by atoms with Crippen LogP contribution in [-0.4, -0.2) is 23.4 Å². The summed E-state index contributed by atoms with van der Waals surface area (Å²) in [5.74, 6) is -0.222. The standard InChI is InChI=1S/C24H22ClN3O3/c1-15-3-7-17(8-4-15)23-26-21-12-9-18(25)13-20(21)24(30)28(23)27-22(29)14-31-19-10-5-16(2)6-11-19/h3-13,23,26H,14H2,1-2H3,(H,27,29). The van der Waals surface area contributed by atoms with Gasteiger partial charge in [-0.15, -0.1) is 0 Å². The summed E-state index contributed by atoms with van der Waals surface area (Å²) >= 11 is 6.09. The van der Waals surface area contributed by atoms with E-state index in [4.69, 9.17) is 16.3 Å². The van der Waals surface area contributed by atoms with Gasteiger partial charge < -0.3 is 10.1 Å². The highest BCUT2D eigenvalue weighted by Gasteiger charge is 2.34. The van der Waals surface area contributed by atoms with E-state index in [-0.39, 0.29) is 12.5 Å². The molecule has 3 aromatic rings. The average Bonchev–Trinajstić information content (AvgIpc) is 2.76. The first-order chi connectivity index (χ1) is 14.9. The van der Waals surface area contributed by atoms with Gasteiger partial charge in [-0.3, -0.25) is 15.0 Å². The quantitative estimate of drug-likeness (QED) is 0.612. The summed E-state index contributed by atoms with van der Waals surface area (Å²) < 4.78 is 5.55. The van der Waals surface area contributed by atoms with E-state index in [1.165, 1.54) is 5.01 Å². The Morgan fingerprint density at radius 2 is 1.68 bits per heavy atom. The highest BCUT2D eigenvalue weighted by molar-refractivity contribution is 6.31. The first-order valence-electron chi connectivity index (χ1n) is 9.86. The van der Waals surface area contributed by atoms with Gasteiger partial charge in [0.15, 0.2) is 6.61 Å². The number of nitrogens with zero attached hydrogens (tertiary/aromatic N) is 1.